The van der Waals surface area contributed by atoms with Gasteiger partial charge in [0, 0.05) is 25.7 Å². The Hall–Kier alpha value is -0.610. The number of nitrogens with one attached hydrogen (secondary N) is 1. The summed E-state index contributed by atoms with van der Waals surface area (Å²) in [5.41, 5.74) is 0. The van der Waals surface area contributed by atoms with Crippen molar-refractivity contribution in [1.29, 1.82) is 0 Å². The third-order valence-corrected chi connectivity index (χ3v) is 4.98. The summed E-state index contributed by atoms with van der Waals surface area (Å²) >= 11 is 0. The van der Waals surface area contributed by atoms with Gasteiger partial charge in [0.1, 0.15) is 0 Å². The molecule has 2 saturated heterocycles. The second-order valence-corrected chi connectivity index (χ2v) is 6.24. The lowest BCUT2D eigenvalue weighted by Gasteiger charge is -2.41. The van der Waals surface area contributed by atoms with Crippen LogP contribution in [0.5, 0.6) is 0 Å². The maximum absolute atomic E-state index is 12.6. The van der Waals surface area contributed by atoms with E-state index in [1.165, 1.54) is 32.1 Å². The van der Waals surface area contributed by atoms with Gasteiger partial charge in [-0.15, -0.1) is 0 Å². The quantitative estimate of drug-likeness (QED) is 0.783. The Morgan fingerprint density at radius 1 is 1.00 bits per heavy atom. The van der Waals surface area contributed by atoms with Gasteiger partial charge in [0.05, 0.1) is 12.6 Å². The van der Waals surface area contributed by atoms with Crippen LogP contribution in [0.15, 0.2) is 0 Å². The van der Waals surface area contributed by atoms with Crippen LogP contribution in [0.2, 0.25) is 0 Å². The molecule has 3 rings (SSSR count). The zero-order chi connectivity index (χ0) is 13.1. The van der Waals surface area contributed by atoms with Gasteiger partial charge in [0.25, 0.3) is 0 Å². The van der Waals surface area contributed by atoms with Gasteiger partial charge in [0.15, 0.2) is 0 Å². The lowest BCUT2D eigenvalue weighted by atomic mass is 9.77. The molecule has 0 bridgehead atoms. The molecule has 108 valence electrons. The van der Waals surface area contributed by atoms with Crippen molar-refractivity contribution in [2.75, 3.05) is 26.3 Å². The van der Waals surface area contributed by atoms with Gasteiger partial charge in [-0.25, -0.2) is 0 Å². The second kappa shape index (κ2) is 6.23. The third-order valence-electron chi connectivity index (χ3n) is 4.98. The van der Waals surface area contributed by atoms with E-state index in [1.54, 1.807) is 0 Å². The average molecular weight is 266 g/mol. The van der Waals surface area contributed by atoms with Crippen LogP contribution < -0.4 is 5.32 Å². The minimum Gasteiger partial charge on any atom is -0.380 e. The highest BCUT2D eigenvalue weighted by atomic mass is 16.5. The Kier molecular flexibility index (Phi) is 4.38. The van der Waals surface area contributed by atoms with Crippen molar-refractivity contribution in [3.63, 3.8) is 0 Å². The van der Waals surface area contributed by atoms with Crippen LogP contribution in [0, 0.1) is 5.92 Å². The zero-order valence-corrected chi connectivity index (χ0v) is 11.8. The highest BCUT2D eigenvalue weighted by molar-refractivity contribution is 5.82. The topological polar surface area (TPSA) is 41.6 Å². The molecule has 0 aromatic carbocycles. The third kappa shape index (κ3) is 3.11. The number of carbonyl (C=O) groups is 1. The van der Waals surface area contributed by atoms with Gasteiger partial charge in [-0.05, 0) is 38.0 Å². The van der Waals surface area contributed by atoms with Crippen LogP contribution in [0.1, 0.15) is 44.9 Å². The molecule has 3 unspecified atom stereocenters. The fourth-order valence-corrected chi connectivity index (χ4v) is 3.88. The Bertz CT molecular complexity index is 313. The van der Waals surface area contributed by atoms with E-state index in [0.29, 0.717) is 18.6 Å². The summed E-state index contributed by atoms with van der Waals surface area (Å²) < 4.78 is 5.43. The highest BCUT2D eigenvalue weighted by Crippen LogP contribution is 2.32. The lowest BCUT2D eigenvalue weighted by molar-refractivity contribution is -0.135. The molecule has 1 saturated carbocycles. The minimum absolute atomic E-state index is 0.0671. The first-order valence-corrected chi connectivity index (χ1v) is 7.97. The van der Waals surface area contributed by atoms with Gasteiger partial charge in [0.2, 0.25) is 5.91 Å². The minimum atomic E-state index is 0.0671. The predicted molar refractivity (Wildman–Crippen MR) is 73.9 cm³/mol. The number of piperidine rings is 1. The number of hydrogen-bond acceptors (Lipinski definition) is 3. The number of fused-ring (bicyclic) bond motifs is 1. The fourth-order valence-electron chi connectivity index (χ4n) is 3.88. The number of ether oxygens (including phenoxy) is 1. The number of nitrogens with zero attached hydrogens (tertiary/aromatic N) is 1. The van der Waals surface area contributed by atoms with Gasteiger partial charge in [-0.2, -0.15) is 0 Å². The van der Waals surface area contributed by atoms with E-state index < -0.39 is 0 Å². The largest absolute Gasteiger partial charge is 0.380 e. The molecule has 0 aromatic rings. The molecule has 2 aliphatic heterocycles. The molecule has 0 radical (unpaired) electrons. The number of rotatable bonds is 1. The van der Waals surface area contributed by atoms with E-state index in [2.05, 4.69) is 5.32 Å². The summed E-state index contributed by atoms with van der Waals surface area (Å²) in [6, 6.07) is 0.664. The van der Waals surface area contributed by atoms with E-state index in [4.69, 9.17) is 4.74 Å². The molecular weight excluding hydrogens is 240 g/mol. The Balaban J connectivity index is 1.57. The summed E-state index contributed by atoms with van der Waals surface area (Å²) in [6.45, 7) is 3.13. The van der Waals surface area contributed by atoms with Crippen LogP contribution in [-0.2, 0) is 9.53 Å². The monoisotopic (exact) mass is 266 g/mol. The SMILES string of the molecule is O=C(C1CCC2CCCCC2N1)N1CCCOCC1. The first-order valence-electron chi connectivity index (χ1n) is 7.97. The summed E-state index contributed by atoms with van der Waals surface area (Å²) in [5, 5.41) is 3.64. The molecule has 1 N–H and O–H groups in total. The molecule has 2 heterocycles. The maximum Gasteiger partial charge on any atom is 0.239 e. The first kappa shape index (κ1) is 13.4. The molecule has 4 nitrogen and oxygen atoms in total. The molecule has 3 fully saturated rings. The standard InChI is InChI=1S/C15H26N2O2/c18-15(17-8-3-10-19-11-9-17)14-7-6-12-4-1-2-5-13(12)16-14/h12-14,16H,1-11H2. The van der Waals surface area contributed by atoms with Crippen molar-refractivity contribution in [2.24, 2.45) is 5.92 Å². The molecule has 4 heteroatoms. The van der Waals surface area contributed by atoms with E-state index in [9.17, 15) is 4.79 Å². The van der Waals surface area contributed by atoms with Crippen molar-refractivity contribution < 1.29 is 9.53 Å². The maximum atomic E-state index is 12.6. The smallest absolute Gasteiger partial charge is 0.239 e. The molecule has 3 atom stereocenters. The van der Waals surface area contributed by atoms with Crippen molar-refractivity contribution in [3.05, 3.63) is 0 Å². The molecule has 3 aliphatic rings. The zero-order valence-electron chi connectivity index (χ0n) is 11.8. The fraction of sp³-hybridized carbons (Fsp3) is 0.933. The van der Waals surface area contributed by atoms with Crippen LogP contribution in [0.3, 0.4) is 0 Å². The van der Waals surface area contributed by atoms with Crippen LogP contribution in [0.4, 0.5) is 0 Å². The molecule has 19 heavy (non-hydrogen) atoms. The van der Waals surface area contributed by atoms with E-state index in [0.717, 1.165) is 38.5 Å². The van der Waals surface area contributed by atoms with Crippen molar-refractivity contribution in [3.8, 4) is 0 Å². The molecular formula is C15H26N2O2. The second-order valence-electron chi connectivity index (χ2n) is 6.24. The summed E-state index contributed by atoms with van der Waals surface area (Å²) in [4.78, 5) is 14.6. The summed E-state index contributed by atoms with van der Waals surface area (Å²) in [6.07, 6.45) is 8.56. The van der Waals surface area contributed by atoms with Crippen molar-refractivity contribution >= 4 is 5.91 Å². The van der Waals surface area contributed by atoms with E-state index >= 15 is 0 Å². The molecule has 0 aromatic heterocycles. The number of carbonyl (C=O) groups excluding carboxylic acids is 1. The van der Waals surface area contributed by atoms with Gasteiger partial charge >= 0.3 is 0 Å². The Morgan fingerprint density at radius 3 is 2.84 bits per heavy atom. The van der Waals surface area contributed by atoms with Gasteiger partial charge in [-0.3, -0.25) is 4.79 Å². The molecule has 0 spiro atoms. The first-order chi connectivity index (χ1) is 9.34. The molecule has 1 aliphatic carbocycles. The average Bonchev–Trinajstić information content (AvgIpc) is 2.75. The summed E-state index contributed by atoms with van der Waals surface area (Å²) in [5.74, 6) is 1.14. The van der Waals surface area contributed by atoms with Gasteiger partial charge in [-0.1, -0.05) is 12.8 Å². The molecule has 1 amide bonds. The predicted octanol–water partition coefficient (Wildman–Crippen LogP) is 1.55. The van der Waals surface area contributed by atoms with Crippen LogP contribution in [0.25, 0.3) is 0 Å². The van der Waals surface area contributed by atoms with E-state index in [-0.39, 0.29) is 6.04 Å². The van der Waals surface area contributed by atoms with Crippen LogP contribution in [-0.4, -0.2) is 49.2 Å². The van der Waals surface area contributed by atoms with Crippen molar-refractivity contribution in [2.45, 2.75) is 57.0 Å². The highest BCUT2D eigenvalue weighted by Gasteiger charge is 2.35. The Labute approximate surface area is 115 Å². The van der Waals surface area contributed by atoms with Gasteiger partial charge < -0.3 is 15.0 Å². The lowest BCUT2D eigenvalue weighted by Crippen LogP contribution is -2.56. The van der Waals surface area contributed by atoms with Crippen molar-refractivity contribution in [1.82, 2.24) is 10.2 Å². The Morgan fingerprint density at radius 2 is 1.89 bits per heavy atom. The summed E-state index contributed by atoms with van der Waals surface area (Å²) in [7, 11) is 0. The number of amides is 1. The normalized spacial score (nSPS) is 36.4. The van der Waals surface area contributed by atoms with Crippen LogP contribution >= 0.6 is 0 Å². The van der Waals surface area contributed by atoms with E-state index in [1.807, 2.05) is 4.90 Å². The number of hydrogen-bond donors (Lipinski definition) is 1.